The minimum absolute atomic E-state index is 0.00744. The first-order valence-electron chi connectivity index (χ1n) is 15.8. The van der Waals surface area contributed by atoms with Crippen molar-refractivity contribution < 1.29 is 27.8 Å². The summed E-state index contributed by atoms with van der Waals surface area (Å²) in [5, 5.41) is 15.9. The number of primary sulfonamides is 1. The number of halogens is 1. The molecular formula is C34H43ClN2O6S. The van der Waals surface area contributed by atoms with Gasteiger partial charge in [-0.1, -0.05) is 37.1 Å². The molecule has 0 unspecified atom stereocenters. The highest BCUT2D eigenvalue weighted by Gasteiger charge is 2.46. The van der Waals surface area contributed by atoms with Gasteiger partial charge in [-0.2, -0.15) is 0 Å². The van der Waals surface area contributed by atoms with Gasteiger partial charge in [-0.25, -0.2) is 18.4 Å². The maximum atomic E-state index is 12.0. The summed E-state index contributed by atoms with van der Waals surface area (Å²) >= 11 is 6.40. The Morgan fingerprint density at radius 3 is 2.70 bits per heavy atom. The molecule has 8 nitrogen and oxygen atoms in total. The van der Waals surface area contributed by atoms with E-state index in [0.717, 1.165) is 74.5 Å². The van der Waals surface area contributed by atoms with E-state index >= 15 is 0 Å². The standard InChI is InChI=1S/C34H43ClN2O6S/c1-3-21(18-44(36,40)41)25-13-26(14-25)32(42-2)28-9-6-24(28)17-37-19-34(12-4-5-22-15-27(35)8-10-29(22)34)20-43-31-11-7-23(33(38)39)16-30(31)37/h7-8,10-11,13,15-16,21,24-25,28,32H,3-6,9,12,14,17-20H2,1-2H3,(H,38,39)(H2,36,40,41)/t21-,24+,25+,28-,32+,34+/m1/s1. The molecular weight excluding hydrogens is 600 g/mol. The van der Waals surface area contributed by atoms with E-state index in [1.165, 1.54) is 16.7 Å². The molecule has 2 aromatic carbocycles. The molecule has 1 heterocycles. The molecule has 4 aliphatic rings. The van der Waals surface area contributed by atoms with E-state index in [0.29, 0.717) is 18.4 Å². The second-order valence-electron chi connectivity index (χ2n) is 13.4. The van der Waals surface area contributed by atoms with Crippen molar-refractivity contribution in [1.82, 2.24) is 0 Å². The number of ether oxygens (including phenoxy) is 2. The van der Waals surface area contributed by atoms with E-state index in [4.69, 9.17) is 26.2 Å². The molecule has 0 amide bonds. The van der Waals surface area contributed by atoms with Crippen molar-refractivity contribution in [3.63, 3.8) is 0 Å². The van der Waals surface area contributed by atoms with Gasteiger partial charge in [-0.3, -0.25) is 0 Å². The van der Waals surface area contributed by atoms with E-state index in [2.05, 4.69) is 23.1 Å². The van der Waals surface area contributed by atoms with Crippen molar-refractivity contribution in [3.05, 3.63) is 69.8 Å². The number of hydrogen-bond donors (Lipinski definition) is 2. The van der Waals surface area contributed by atoms with Crippen LogP contribution in [0.5, 0.6) is 5.75 Å². The van der Waals surface area contributed by atoms with E-state index in [9.17, 15) is 18.3 Å². The van der Waals surface area contributed by atoms with Crippen molar-refractivity contribution in [2.75, 3.05) is 37.5 Å². The van der Waals surface area contributed by atoms with Crippen LogP contribution in [0, 0.1) is 23.7 Å². The lowest BCUT2D eigenvalue weighted by atomic mass is 9.64. The van der Waals surface area contributed by atoms with Crippen LogP contribution < -0.4 is 14.8 Å². The summed E-state index contributed by atoms with van der Waals surface area (Å²) in [6.45, 7) is 4.04. The molecule has 1 spiro atoms. The average molecular weight is 643 g/mol. The lowest BCUT2D eigenvalue weighted by Gasteiger charge is -2.48. The molecule has 0 aromatic heterocycles. The number of hydrogen-bond acceptors (Lipinski definition) is 6. The van der Waals surface area contributed by atoms with Crippen LogP contribution in [0.1, 0.15) is 66.9 Å². The van der Waals surface area contributed by atoms with Crippen molar-refractivity contribution in [2.45, 2.75) is 63.4 Å². The summed E-state index contributed by atoms with van der Waals surface area (Å²) in [7, 11) is -1.76. The minimum atomic E-state index is -3.52. The smallest absolute Gasteiger partial charge is 0.335 e. The number of benzene rings is 2. The fourth-order valence-electron chi connectivity index (χ4n) is 8.22. The van der Waals surface area contributed by atoms with Gasteiger partial charge in [-0.15, -0.1) is 0 Å². The molecule has 1 saturated carbocycles. The topological polar surface area (TPSA) is 119 Å². The number of aromatic carboxylic acids is 1. The second-order valence-corrected chi connectivity index (χ2v) is 15.5. The van der Waals surface area contributed by atoms with Gasteiger partial charge in [0.25, 0.3) is 0 Å². The molecule has 3 aliphatic carbocycles. The van der Waals surface area contributed by atoms with Crippen LogP contribution >= 0.6 is 11.6 Å². The third-order valence-corrected chi connectivity index (χ3v) is 11.8. The van der Waals surface area contributed by atoms with Gasteiger partial charge in [0.1, 0.15) is 5.75 Å². The van der Waals surface area contributed by atoms with Crippen LogP contribution in [-0.4, -0.2) is 58.2 Å². The monoisotopic (exact) mass is 642 g/mol. The number of methoxy groups -OCH3 is 1. The number of rotatable bonds is 10. The number of fused-ring (bicyclic) bond motifs is 3. The Hall–Kier alpha value is -2.59. The molecule has 44 heavy (non-hydrogen) atoms. The number of carboxylic acid groups (broad SMARTS) is 1. The Morgan fingerprint density at radius 1 is 1.25 bits per heavy atom. The Labute approximate surface area is 265 Å². The van der Waals surface area contributed by atoms with Gasteiger partial charge in [0.05, 0.1) is 29.7 Å². The first kappa shape index (κ1) is 31.4. The minimum Gasteiger partial charge on any atom is -0.490 e. The average Bonchev–Trinajstić information content (AvgIpc) is 3.09. The molecule has 1 aliphatic heterocycles. The Morgan fingerprint density at radius 2 is 2.05 bits per heavy atom. The second kappa shape index (κ2) is 12.3. The van der Waals surface area contributed by atoms with Gasteiger partial charge >= 0.3 is 5.97 Å². The number of aryl methyl sites for hydroxylation is 1. The summed E-state index contributed by atoms with van der Waals surface area (Å²) in [4.78, 5) is 14.4. The van der Waals surface area contributed by atoms with Crippen LogP contribution in [0.3, 0.4) is 0 Å². The number of allylic oxidation sites excluding steroid dienone is 1. The van der Waals surface area contributed by atoms with Crippen LogP contribution in [0.15, 0.2) is 48.0 Å². The van der Waals surface area contributed by atoms with Gasteiger partial charge in [0, 0.05) is 30.6 Å². The molecule has 3 N–H and O–H groups in total. The van der Waals surface area contributed by atoms with E-state index < -0.39 is 16.0 Å². The number of sulfonamides is 1. The summed E-state index contributed by atoms with van der Waals surface area (Å²) in [5.41, 5.74) is 4.65. The number of anilines is 1. The van der Waals surface area contributed by atoms with Crippen molar-refractivity contribution in [2.24, 2.45) is 28.8 Å². The largest absolute Gasteiger partial charge is 0.490 e. The third-order valence-electron chi connectivity index (χ3n) is 10.7. The van der Waals surface area contributed by atoms with Crippen molar-refractivity contribution in [1.29, 1.82) is 0 Å². The Kier molecular flexibility index (Phi) is 8.78. The Bertz CT molecular complexity index is 1560. The molecule has 0 radical (unpaired) electrons. The third kappa shape index (κ3) is 6.13. The first-order chi connectivity index (χ1) is 21.0. The van der Waals surface area contributed by atoms with Crippen molar-refractivity contribution in [3.8, 4) is 5.75 Å². The fraction of sp³-hybridized carbons (Fsp3) is 0.559. The zero-order valence-electron chi connectivity index (χ0n) is 25.5. The van der Waals surface area contributed by atoms with Gasteiger partial charge in [-0.05, 0) is 109 Å². The summed E-state index contributed by atoms with van der Waals surface area (Å²) in [6.07, 6.45) is 8.93. The highest BCUT2D eigenvalue weighted by molar-refractivity contribution is 7.89. The van der Waals surface area contributed by atoms with Crippen LogP contribution in [0.25, 0.3) is 0 Å². The molecule has 10 heteroatoms. The predicted octanol–water partition coefficient (Wildman–Crippen LogP) is 5.81. The fourth-order valence-corrected chi connectivity index (χ4v) is 9.50. The van der Waals surface area contributed by atoms with Crippen LogP contribution in [0.2, 0.25) is 5.02 Å². The molecule has 0 bridgehead atoms. The molecule has 6 rings (SSSR count). The number of carbonyl (C=O) groups is 1. The predicted molar refractivity (Wildman–Crippen MR) is 172 cm³/mol. The molecule has 2 aromatic rings. The molecule has 0 saturated heterocycles. The summed E-state index contributed by atoms with van der Waals surface area (Å²) in [6, 6.07) is 11.4. The first-order valence-corrected chi connectivity index (χ1v) is 17.9. The normalized spacial score (nSPS) is 27.5. The van der Waals surface area contributed by atoms with E-state index in [-0.39, 0.29) is 34.7 Å². The highest BCUT2D eigenvalue weighted by atomic mass is 35.5. The maximum Gasteiger partial charge on any atom is 0.335 e. The maximum absolute atomic E-state index is 12.0. The number of carboxylic acids is 1. The van der Waals surface area contributed by atoms with Gasteiger partial charge in [0.2, 0.25) is 10.0 Å². The quantitative estimate of drug-likeness (QED) is 0.314. The highest BCUT2D eigenvalue weighted by Crippen LogP contribution is 2.49. The lowest BCUT2D eigenvalue weighted by molar-refractivity contribution is -0.000487. The SMILES string of the molecule is CC[C@H](CS(N)(=O)=O)[C@H]1C=C([C@H](OC)[C@@H]2CC[C@H]2CN2C[C@@]3(CCCc4cc(Cl)ccc43)COc3ccc(C(=O)O)cc32)C1. The zero-order valence-corrected chi connectivity index (χ0v) is 27.1. The molecule has 6 atom stereocenters. The van der Waals surface area contributed by atoms with E-state index in [1.54, 1.807) is 25.3 Å². The molecule has 238 valence electrons. The number of nitrogens with zero attached hydrogens (tertiary/aromatic N) is 1. The van der Waals surface area contributed by atoms with Crippen molar-refractivity contribution >= 4 is 33.3 Å². The summed E-state index contributed by atoms with van der Waals surface area (Å²) in [5.74, 6) is 0.679. The van der Waals surface area contributed by atoms with E-state index in [1.807, 2.05) is 13.0 Å². The van der Waals surface area contributed by atoms with Crippen LogP contribution in [0.4, 0.5) is 5.69 Å². The van der Waals surface area contributed by atoms with Gasteiger partial charge in [0.15, 0.2) is 0 Å². The van der Waals surface area contributed by atoms with Gasteiger partial charge < -0.3 is 19.5 Å². The Balaban J connectivity index is 1.27. The summed E-state index contributed by atoms with van der Waals surface area (Å²) < 4.78 is 36.1. The molecule has 1 fully saturated rings. The number of nitrogens with two attached hydrogens (primary N) is 1. The zero-order chi connectivity index (χ0) is 31.2. The van der Waals surface area contributed by atoms with Crippen LogP contribution in [-0.2, 0) is 26.6 Å². The lowest BCUT2D eigenvalue weighted by Crippen LogP contribution is -2.50.